The molecular formula is C6H28N4O8. The van der Waals surface area contributed by atoms with Crippen LogP contribution in [0.3, 0.4) is 0 Å². The molecule has 2 unspecified atom stereocenters. The smallest absolute Gasteiger partial charge is 0.332 e. The van der Waals surface area contributed by atoms with Crippen LogP contribution in [0.4, 0.5) is 0 Å². The van der Waals surface area contributed by atoms with E-state index in [2.05, 4.69) is 0 Å². The number of carbonyl (C=O) groups is 2. The average molecular weight is 284 g/mol. The number of aliphatic hydroxyl groups is 2. The van der Waals surface area contributed by atoms with Gasteiger partial charge in [-0.05, 0) is 13.8 Å². The molecule has 12 nitrogen and oxygen atoms in total. The summed E-state index contributed by atoms with van der Waals surface area (Å²) in [4.78, 5) is 18.9. The zero-order valence-corrected chi connectivity index (χ0v) is 10.6. The van der Waals surface area contributed by atoms with Crippen LogP contribution in [0, 0.1) is 0 Å². The molecule has 0 heterocycles. The maximum atomic E-state index is 9.45. The lowest BCUT2D eigenvalue weighted by Crippen LogP contribution is -2.13. The fourth-order valence-corrected chi connectivity index (χ4v) is 0. The van der Waals surface area contributed by atoms with E-state index in [1.165, 1.54) is 13.8 Å². The van der Waals surface area contributed by atoms with Crippen LogP contribution in [0.5, 0.6) is 0 Å². The van der Waals surface area contributed by atoms with Crippen molar-refractivity contribution >= 4 is 11.9 Å². The van der Waals surface area contributed by atoms with E-state index in [1.807, 2.05) is 0 Å². The van der Waals surface area contributed by atoms with Crippen molar-refractivity contribution in [2.75, 3.05) is 0 Å². The second-order valence-corrected chi connectivity index (χ2v) is 2.03. The van der Waals surface area contributed by atoms with Crippen molar-refractivity contribution in [1.29, 1.82) is 0 Å². The number of aliphatic hydroxyl groups excluding tert-OH is 2. The van der Waals surface area contributed by atoms with Crippen molar-refractivity contribution in [1.82, 2.24) is 24.6 Å². The normalized spacial score (nSPS) is 9.11. The molecule has 0 amide bonds. The van der Waals surface area contributed by atoms with Crippen LogP contribution in [0.1, 0.15) is 13.8 Å². The summed E-state index contributed by atoms with van der Waals surface area (Å²) in [6, 6.07) is 0. The summed E-state index contributed by atoms with van der Waals surface area (Å²) in [6.45, 7) is 2.39. The van der Waals surface area contributed by atoms with Gasteiger partial charge in [0.05, 0.1) is 0 Å². The minimum absolute atomic E-state index is 0. The van der Waals surface area contributed by atoms with Crippen molar-refractivity contribution in [3.05, 3.63) is 0 Å². The highest BCUT2D eigenvalue weighted by molar-refractivity contribution is 5.71. The third kappa shape index (κ3) is 61.9. The Bertz CT molecular complexity index is 148. The van der Waals surface area contributed by atoms with Crippen LogP contribution in [-0.2, 0) is 9.59 Å². The Balaban J connectivity index is -0.0000000139. The first-order valence-corrected chi connectivity index (χ1v) is 3.10. The van der Waals surface area contributed by atoms with E-state index in [-0.39, 0.29) is 35.6 Å². The van der Waals surface area contributed by atoms with Gasteiger partial charge in [0.25, 0.3) is 0 Å². The zero-order valence-electron chi connectivity index (χ0n) is 10.6. The molecule has 2 atom stereocenters. The van der Waals surface area contributed by atoms with Gasteiger partial charge in [0.1, 0.15) is 12.2 Å². The van der Waals surface area contributed by atoms with Crippen molar-refractivity contribution in [3.63, 3.8) is 0 Å². The lowest BCUT2D eigenvalue weighted by Gasteiger charge is -1.89. The Hall–Kier alpha value is -1.38. The first-order chi connectivity index (χ1) is 5.29. The molecule has 0 bridgehead atoms. The summed E-state index contributed by atoms with van der Waals surface area (Å²) < 4.78 is 0. The molecule has 0 aromatic carbocycles. The Morgan fingerprint density at radius 2 is 0.778 bits per heavy atom. The molecule has 0 saturated heterocycles. The summed E-state index contributed by atoms with van der Waals surface area (Å²) in [5, 5.41) is 31.5. The molecule has 18 heavy (non-hydrogen) atoms. The first kappa shape index (κ1) is 54.6. The van der Waals surface area contributed by atoms with Crippen LogP contribution in [-0.4, -0.2) is 55.5 Å². The summed E-state index contributed by atoms with van der Waals surface area (Å²) in [7, 11) is 0. The lowest BCUT2D eigenvalue weighted by atomic mass is 10.4. The number of hydrogen-bond donors (Lipinski definition) is 8. The molecule has 0 aromatic rings. The standard InChI is InChI=1S/2C3H6O3.4H3N.2H2O/c2*1-2(4)3(5)6;;;;;;/h2*2,4H,1H3,(H,5,6);4*1H3;2*1H2. The van der Waals surface area contributed by atoms with Crippen molar-refractivity contribution < 1.29 is 41.0 Å². The van der Waals surface area contributed by atoms with Gasteiger partial charge in [-0.15, -0.1) is 0 Å². The predicted molar refractivity (Wildman–Crippen MR) is 65.9 cm³/mol. The quantitative estimate of drug-likeness (QED) is 0.272. The van der Waals surface area contributed by atoms with Crippen molar-refractivity contribution in [3.8, 4) is 0 Å². The zero-order chi connectivity index (χ0) is 10.3. The Morgan fingerprint density at radius 3 is 0.778 bits per heavy atom. The van der Waals surface area contributed by atoms with E-state index >= 15 is 0 Å². The van der Waals surface area contributed by atoms with Crippen molar-refractivity contribution in [2.45, 2.75) is 26.1 Å². The minimum atomic E-state index is -1.23. The molecule has 0 fully saturated rings. The van der Waals surface area contributed by atoms with Crippen LogP contribution in [0.2, 0.25) is 0 Å². The average Bonchev–Trinajstić information content (AvgIpc) is 1.88. The molecule has 0 radical (unpaired) electrons. The molecule has 0 aromatic heterocycles. The van der Waals surface area contributed by atoms with Crippen LogP contribution >= 0.6 is 0 Å². The van der Waals surface area contributed by atoms with E-state index in [0.29, 0.717) is 0 Å². The van der Waals surface area contributed by atoms with Gasteiger partial charge in [-0.2, -0.15) is 0 Å². The van der Waals surface area contributed by atoms with Gasteiger partial charge in [0.2, 0.25) is 0 Å². The number of rotatable bonds is 2. The maximum Gasteiger partial charge on any atom is 0.332 e. The number of aliphatic carboxylic acids is 2. The summed E-state index contributed by atoms with van der Waals surface area (Å²) in [5.74, 6) is -2.37. The van der Waals surface area contributed by atoms with Gasteiger partial charge in [-0.1, -0.05) is 0 Å². The monoisotopic (exact) mass is 284 g/mol. The van der Waals surface area contributed by atoms with Crippen LogP contribution in [0.15, 0.2) is 0 Å². The highest BCUT2D eigenvalue weighted by Gasteiger charge is 2.01. The van der Waals surface area contributed by atoms with Gasteiger partial charge in [-0.3, -0.25) is 0 Å². The van der Waals surface area contributed by atoms with Gasteiger partial charge < -0.3 is 56.0 Å². The highest BCUT2D eigenvalue weighted by atomic mass is 16.4. The molecule has 0 spiro atoms. The molecule has 0 aliphatic carbocycles. The van der Waals surface area contributed by atoms with Gasteiger partial charge >= 0.3 is 11.9 Å². The number of carboxylic acid groups (broad SMARTS) is 2. The first-order valence-electron chi connectivity index (χ1n) is 3.10. The Labute approximate surface area is 105 Å². The van der Waals surface area contributed by atoms with E-state index in [1.54, 1.807) is 0 Å². The molecule has 0 saturated carbocycles. The van der Waals surface area contributed by atoms with Gasteiger partial charge in [-0.25, -0.2) is 9.59 Å². The third-order valence-electron chi connectivity index (χ3n) is 0.715. The van der Waals surface area contributed by atoms with E-state index in [0.717, 1.165) is 0 Å². The van der Waals surface area contributed by atoms with Crippen LogP contribution < -0.4 is 24.6 Å². The molecule has 12 heteroatoms. The van der Waals surface area contributed by atoms with Gasteiger partial charge in [0, 0.05) is 0 Å². The molecule has 20 N–H and O–H groups in total. The van der Waals surface area contributed by atoms with Gasteiger partial charge in [0.15, 0.2) is 0 Å². The van der Waals surface area contributed by atoms with Crippen LogP contribution in [0.25, 0.3) is 0 Å². The fraction of sp³-hybridized carbons (Fsp3) is 0.667. The molecule has 0 rings (SSSR count). The predicted octanol–water partition coefficient (Wildman–Crippen LogP) is -2.10. The summed E-state index contributed by atoms with van der Waals surface area (Å²) >= 11 is 0. The largest absolute Gasteiger partial charge is 0.479 e. The van der Waals surface area contributed by atoms with E-state index < -0.39 is 24.1 Å². The Kier molecular flexibility index (Phi) is 89.7. The lowest BCUT2D eigenvalue weighted by molar-refractivity contribution is -0.146. The fourth-order valence-electron chi connectivity index (χ4n) is 0. The topological polar surface area (TPSA) is 318 Å². The number of hydrogen-bond acceptors (Lipinski definition) is 8. The second-order valence-electron chi connectivity index (χ2n) is 2.03. The van der Waals surface area contributed by atoms with E-state index in [4.69, 9.17) is 20.4 Å². The number of carboxylic acids is 2. The minimum Gasteiger partial charge on any atom is -0.479 e. The highest BCUT2D eigenvalue weighted by Crippen LogP contribution is 1.73. The molecular weight excluding hydrogens is 256 g/mol. The van der Waals surface area contributed by atoms with E-state index in [9.17, 15) is 9.59 Å². The third-order valence-corrected chi connectivity index (χ3v) is 0.715. The SMILES string of the molecule is CC(O)C(=O)O.CC(O)C(=O)O.N.N.N.N.O.O. The second kappa shape index (κ2) is 29.6. The Morgan fingerprint density at radius 1 is 0.722 bits per heavy atom. The summed E-state index contributed by atoms with van der Waals surface area (Å²) in [5.41, 5.74) is 0. The van der Waals surface area contributed by atoms with Crippen molar-refractivity contribution in [2.24, 2.45) is 0 Å². The maximum absolute atomic E-state index is 9.45. The molecule has 120 valence electrons. The molecule has 0 aliphatic heterocycles. The molecule has 0 aliphatic rings. The summed E-state index contributed by atoms with van der Waals surface area (Å²) in [6.07, 6.45) is -2.46.